The molecule has 2 saturated heterocycles. The molecule has 0 radical (unpaired) electrons. The van der Waals surface area contributed by atoms with Crippen molar-refractivity contribution in [3.63, 3.8) is 0 Å². The molecule has 35 heavy (non-hydrogen) atoms. The van der Waals surface area contributed by atoms with Gasteiger partial charge in [0.2, 0.25) is 0 Å². The van der Waals surface area contributed by atoms with E-state index in [4.69, 9.17) is 15.8 Å². The third-order valence-electron chi connectivity index (χ3n) is 6.60. The Kier molecular flexibility index (Phi) is 6.04. The molecule has 0 bridgehead atoms. The number of nitrogens with two attached hydrogens (primary N) is 1. The molecule has 2 aliphatic heterocycles. The van der Waals surface area contributed by atoms with Gasteiger partial charge in [0.15, 0.2) is 5.65 Å². The van der Waals surface area contributed by atoms with Gasteiger partial charge in [-0.2, -0.15) is 5.10 Å². The highest BCUT2D eigenvalue weighted by molar-refractivity contribution is 5.97. The number of halogens is 3. The van der Waals surface area contributed by atoms with Crippen LogP contribution in [0.3, 0.4) is 0 Å². The third kappa shape index (κ3) is 4.77. The summed E-state index contributed by atoms with van der Waals surface area (Å²) >= 11 is 0. The number of amides is 1. The van der Waals surface area contributed by atoms with E-state index < -0.39 is 18.0 Å². The molecule has 2 aromatic heterocycles. The van der Waals surface area contributed by atoms with E-state index in [0.717, 1.165) is 49.8 Å². The molecule has 0 spiro atoms. The van der Waals surface area contributed by atoms with E-state index in [-0.39, 0.29) is 17.6 Å². The Balaban J connectivity index is 1.46. The topological polar surface area (TPSA) is 89.0 Å². The number of para-hydroxylation sites is 1. The van der Waals surface area contributed by atoms with Crippen molar-refractivity contribution in [3.05, 3.63) is 53.3 Å². The molecule has 11 heteroatoms. The Labute approximate surface area is 200 Å². The molecule has 2 aliphatic rings. The number of carbonyl (C=O) groups is 1. The second-order valence-electron chi connectivity index (χ2n) is 9.17. The van der Waals surface area contributed by atoms with Crippen molar-refractivity contribution in [2.45, 2.75) is 51.1 Å². The summed E-state index contributed by atoms with van der Waals surface area (Å²) < 4.78 is 44.5. The number of anilines is 1. The zero-order valence-electron chi connectivity index (χ0n) is 19.3. The van der Waals surface area contributed by atoms with E-state index in [1.807, 2.05) is 19.2 Å². The summed E-state index contributed by atoms with van der Waals surface area (Å²) in [6.07, 6.45) is 0.230. The minimum absolute atomic E-state index is 0.123. The Morgan fingerprint density at radius 2 is 1.97 bits per heavy atom. The van der Waals surface area contributed by atoms with Crippen LogP contribution in [0.2, 0.25) is 0 Å². The van der Waals surface area contributed by atoms with E-state index in [1.54, 1.807) is 9.42 Å². The van der Waals surface area contributed by atoms with Gasteiger partial charge in [0.25, 0.3) is 5.91 Å². The van der Waals surface area contributed by atoms with Crippen LogP contribution in [0.4, 0.5) is 19.0 Å². The summed E-state index contributed by atoms with van der Waals surface area (Å²) in [4.78, 5) is 22.0. The van der Waals surface area contributed by atoms with Crippen LogP contribution in [0, 0.1) is 6.92 Å². The lowest BCUT2D eigenvalue weighted by atomic mass is 9.98. The highest BCUT2D eigenvalue weighted by atomic mass is 19.4. The summed E-state index contributed by atoms with van der Waals surface area (Å²) in [6.45, 7) is 3.98. The predicted molar refractivity (Wildman–Crippen MR) is 123 cm³/mol. The SMILES string of the molecule is Cc1cn2nc([C@H]3CCCCN3C(=O)c3ccccc3OC(F)(F)F)cc2nc1N1CC[C@H](N)C1. The summed E-state index contributed by atoms with van der Waals surface area (Å²) in [5, 5.41) is 4.69. The number of carbonyl (C=O) groups excluding carboxylic acids is 1. The van der Waals surface area contributed by atoms with E-state index in [0.29, 0.717) is 24.3 Å². The summed E-state index contributed by atoms with van der Waals surface area (Å²) in [6, 6.07) is 7.05. The largest absolute Gasteiger partial charge is 0.573 e. The number of aryl methyl sites for hydroxylation is 1. The van der Waals surface area contributed by atoms with Gasteiger partial charge in [0.05, 0.1) is 17.3 Å². The first kappa shape index (κ1) is 23.4. The summed E-state index contributed by atoms with van der Waals surface area (Å²) in [5.41, 5.74) is 8.23. The molecule has 2 atom stereocenters. The first-order valence-corrected chi connectivity index (χ1v) is 11.7. The number of alkyl halides is 3. The zero-order chi connectivity index (χ0) is 24.7. The van der Waals surface area contributed by atoms with Crippen molar-refractivity contribution in [1.29, 1.82) is 0 Å². The fourth-order valence-electron chi connectivity index (χ4n) is 4.98. The van der Waals surface area contributed by atoms with Crippen LogP contribution in [0.1, 0.15) is 53.3 Å². The van der Waals surface area contributed by atoms with Gasteiger partial charge in [0.1, 0.15) is 11.6 Å². The van der Waals surface area contributed by atoms with Crippen molar-refractivity contribution in [3.8, 4) is 5.75 Å². The van der Waals surface area contributed by atoms with Gasteiger partial charge in [-0.3, -0.25) is 4.79 Å². The van der Waals surface area contributed by atoms with Gasteiger partial charge in [0, 0.05) is 43.5 Å². The van der Waals surface area contributed by atoms with Crippen molar-refractivity contribution < 1.29 is 22.7 Å². The molecule has 2 N–H and O–H groups in total. The molecular weight excluding hydrogens is 461 g/mol. The van der Waals surface area contributed by atoms with Crippen LogP contribution in [-0.4, -0.2) is 57.4 Å². The number of likely N-dealkylation sites (tertiary alicyclic amines) is 1. The minimum atomic E-state index is -4.89. The number of hydrogen-bond acceptors (Lipinski definition) is 6. The van der Waals surface area contributed by atoms with E-state index in [2.05, 4.69) is 9.64 Å². The smallest absolute Gasteiger partial charge is 0.405 e. The quantitative estimate of drug-likeness (QED) is 0.600. The first-order chi connectivity index (χ1) is 16.7. The molecule has 0 aliphatic carbocycles. The second-order valence-corrected chi connectivity index (χ2v) is 9.17. The fourth-order valence-corrected chi connectivity index (χ4v) is 4.98. The normalized spacial score (nSPS) is 21.1. The Hall–Kier alpha value is -3.34. The van der Waals surface area contributed by atoms with Gasteiger partial charge in [-0.1, -0.05) is 12.1 Å². The number of piperidine rings is 1. The lowest BCUT2D eigenvalue weighted by Gasteiger charge is -2.35. The maximum absolute atomic E-state index is 13.4. The average Bonchev–Trinajstić information content (AvgIpc) is 3.43. The summed E-state index contributed by atoms with van der Waals surface area (Å²) in [7, 11) is 0. The van der Waals surface area contributed by atoms with Crippen LogP contribution in [-0.2, 0) is 0 Å². The maximum Gasteiger partial charge on any atom is 0.573 e. The van der Waals surface area contributed by atoms with Crippen molar-refractivity contribution >= 4 is 17.4 Å². The molecule has 0 saturated carbocycles. The van der Waals surface area contributed by atoms with Gasteiger partial charge in [-0.05, 0) is 44.7 Å². The monoisotopic (exact) mass is 488 g/mol. The van der Waals surface area contributed by atoms with Gasteiger partial charge < -0.3 is 20.3 Å². The van der Waals surface area contributed by atoms with Gasteiger partial charge >= 0.3 is 6.36 Å². The Morgan fingerprint density at radius 3 is 2.71 bits per heavy atom. The molecule has 5 rings (SSSR count). The Morgan fingerprint density at radius 1 is 1.17 bits per heavy atom. The minimum Gasteiger partial charge on any atom is -0.405 e. The number of fused-ring (bicyclic) bond motifs is 1. The molecule has 3 aromatic rings. The summed E-state index contributed by atoms with van der Waals surface area (Å²) in [5.74, 6) is -0.149. The molecule has 2 fully saturated rings. The molecule has 8 nitrogen and oxygen atoms in total. The van der Waals surface area contributed by atoms with Crippen LogP contribution in [0.25, 0.3) is 5.65 Å². The second kappa shape index (κ2) is 9.03. The molecular formula is C24H27F3N6O2. The number of ether oxygens (including phenoxy) is 1. The van der Waals surface area contributed by atoms with Crippen LogP contribution in [0.5, 0.6) is 5.75 Å². The van der Waals surface area contributed by atoms with Crippen molar-refractivity contribution in [2.75, 3.05) is 24.5 Å². The van der Waals surface area contributed by atoms with Crippen LogP contribution in [0.15, 0.2) is 36.5 Å². The van der Waals surface area contributed by atoms with Gasteiger partial charge in [-0.25, -0.2) is 9.50 Å². The number of rotatable bonds is 4. The van der Waals surface area contributed by atoms with Gasteiger partial charge in [-0.15, -0.1) is 13.2 Å². The Bertz CT molecular complexity index is 1240. The third-order valence-corrected chi connectivity index (χ3v) is 6.60. The highest BCUT2D eigenvalue weighted by Gasteiger charge is 2.36. The molecule has 186 valence electrons. The lowest BCUT2D eigenvalue weighted by Crippen LogP contribution is -2.39. The highest BCUT2D eigenvalue weighted by Crippen LogP contribution is 2.35. The van der Waals surface area contributed by atoms with E-state index >= 15 is 0 Å². The fraction of sp³-hybridized carbons (Fsp3) is 0.458. The maximum atomic E-state index is 13.4. The molecule has 1 aromatic carbocycles. The molecule has 0 unspecified atom stereocenters. The lowest BCUT2D eigenvalue weighted by molar-refractivity contribution is -0.274. The number of hydrogen-bond donors (Lipinski definition) is 1. The van der Waals surface area contributed by atoms with Crippen molar-refractivity contribution in [2.24, 2.45) is 5.73 Å². The molecule has 4 heterocycles. The zero-order valence-corrected chi connectivity index (χ0v) is 19.3. The number of benzene rings is 1. The van der Waals surface area contributed by atoms with Crippen LogP contribution < -0.4 is 15.4 Å². The van der Waals surface area contributed by atoms with Crippen LogP contribution >= 0.6 is 0 Å². The number of nitrogens with zero attached hydrogens (tertiary/aromatic N) is 5. The standard InChI is InChI=1S/C24H27F3N6O2/c1-15-13-33-21(29-22(15)31-11-9-16(28)14-31)12-18(30-33)19-7-4-5-10-32(19)23(34)17-6-2-3-8-20(17)35-24(25,26)27/h2-3,6,8,12-13,16,19H,4-5,7,9-11,14,28H2,1H3/t16-,19+/m0/s1. The average molecular weight is 489 g/mol. The molecule has 1 amide bonds. The predicted octanol–water partition coefficient (Wildman–Crippen LogP) is 3.84. The number of aromatic nitrogens is 3. The van der Waals surface area contributed by atoms with Crippen molar-refractivity contribution in [1.82, 2.24) is 19.5 Å². The van der Waals surface area contributed by atoms with E-state index in [1.165, 1.54) is 18.2 Å². The first-order valence-electron chi connectivity index (χ1n) is 11.7. The van der Waals surface area contributed by atoms with E-state index in [9.17, 15) is 18.0 Å².